The number of aromatic nitrogens is 1. The van der Waals surface area contributed by atoms with Gasteiger partial charge in [0.2, 0.25) is 0 Å². The third-order valence-corrected chi connectivity index (χ3v) is 3.86. The first kappa shape index (κ1) is 23.4. The quantitative estimate of drug-likeness (QED) is 0.253. The fourth-order valence-electron chi connectivity index (χ4n) is 2.29. The Balaban J connectivity index is 0.00000529. The lowest BCUT2D eigenvalue weighted by molar-refractivity contribution is 0.240. The Morgan fingerprint density at radius 3 is 2.58 bits per heavy atom. The molecule has 0 amide bonds. The molecular weight excluding hydrogens is 437 g/mol. The predicted octanol–water partition coefficient (Wildman–Crippen LogP) is 3.18. The Hall–Kier alpha value is -0.600. The number of hydrogen-bond donors (Lipinski definition) is 2. The highest BCUT2D eigenvalue weighted by Crippen LogP contribution is 2.05. The van der Waals surface area contributed by atoms with Gasteiger partial charge >= 0.3 is 0 Å². The maximum Gasteiger partial charge on any atom is 0.191 e. The van der Waals surface area contributed by atoms with Crippen LogP contribution in [0.15, 0.2) is 23.3 Å². The number of rotatable bonds is 9. The van der Waals surface area contributed by atoms with Gasteiger partial charge in [-0.2, -0.15) is 0 Å². The van der Waals surface area contributed by atoms with Gasteiger partial charge in [0.25, 0.3) is 0 Å². The Morgan fingerprint density at radius 2 is 2.04 bits per heavy atom. The van der Waals surface area contributed by atoms with E-state index in [0.29, 0.717) is 11.2 Å². The lowest BCUT2D eigenvalue weighted by Gasteiger charge is -2.23. The molecule has 2 N–H and O–H groups in total. The molecule has 0 unspecified atom stereocenters. The van der Waals surface area contributed by atoms with Crippen molar-refractivity contribution in [3.05, 3.63) is 29.0 Å². The van der Waals surface area contributed by atoms with Gasteiger partial charge in [0.15, 0.2) is 5.96 Å². The zero-order chi connectivity index (χ0) is 17.1. The van der Waals surface area contributed by atoms with E-state index in [4.69, 9.17) is 11.6 Å². The fraction of sp³-hybridized carbons (Fsp3) is 0.647. The summed E-state index contributed by atoms with van der Waals surface area (Å²) in [5, 5.41) is 7.18. The molecule has 0 aromatic carbocycles. The number of halogens is 2. The monoisotopic (exact) mass is 467 g/mol. The van der Waals surface area contributed by atoms with Gasteiger partial charge in [0, 0.05) is 31.9 Å². The van der Waals surface area contributed by atoms with Crippen molar-refractivity contribution in [3.8, 4) is 0 Å². The van der Waals surface area contributed by atoms with Crippen LogP contribution in [0.2, 0.25) is 5.15 Å². The van der Waals surface area contributed by atoms with Crippen molar-refractivity contribution in [1.29, 1.82) is 0 Å². The molecule has 138 valence electrons. The molecule has 5 nitrogen and oxygen atoms in total. The van der Waals surface area contributed by atoms with Gasteiger partial charge in [0.05, 0.1) is 6.54 Å². The van der Waals surface area contributed by atoms with Gasteiger partial charge in [-0.05, 0) is 45.4 Å². The predicted molar refractivity (Wildman–Crippen MR) is 115 cm³/mol. The second kappa shape index (κ2) is 13.7. The summed E-state index contributed by atoms with van der Waals surface area (Å²) in [6, 6.07) is 4.38. The van der Waals surface area contributed by atoms with Gasteiger partial charge in [0.1, 0.15) is 5.15 Å². The van der Waals surface area contributed by atoms with E-state index >= 15 is 0 Å². The number of nitrogens with one attached hydrogen (secondary N) is 2. The highest BCUT2D eigenvalue weighted by atomic mass is 127. The van der Waals surface area contributed by atoms with Crippen molar-refractivity contribution in [2.45, 2.75) is 40.2 Å². The number of nitrogens with zero attached hydrogens (tertiary/aromatic N) is 3. The first-order valence-corrected chi connectivity index (χ1v) is 8.81. The van der Waals surface area contributed by atoms with E-state index in [2.05, 4.69) is 53.2 Å². The topological polar surface area (TPSA) is 52.6 Å². The molecule has 7 heteroatoms. The molecule has 1 aromatic heterocycles. The summed E-state index contributed by atoms with van der Waals surface area (Å²) in [5.74, 6) is 0.870. The summed E-state index contributed by atoms with van der Waals surface area (Å²) in [4.78, 5) is 11.1. The van der Waals surface area contributed by atoms with Crippen LogP contribution in [0.1, 0.15) is 33.3 Å². The summed E-state index contributed by atoms with van der Waals surface area (Å²) in [7, 11) is 0. The van der Waals surface area contributed by atoms with Crippen LogP contribution < -0.4 is 10.6 Å². The summed E-state index contributed by atoms with van der Waals surface area (Å²) < 4.78 is 0. The van der Waals surface area contributed by atoms with E-state index in [-0.39, 0.29) is 24.0 Å². The van der Waals surface area contributed by atoms with Crippen LogP contribution in [0.5, 0.6) is 0 Å². The average Bonchev–Trinajstić information content (AvgIpc) is 2.53. The van der Waals surface area contributed by atoms with Crippen LogP contribution in [0.25, 0.3) is 0 Å². The molecule has 24 heavy (non-hydrogen) atoms. The highest BCUT2D eigenvalue weighted by molar-refractivity contribution is 14.0. The van der Waals surface area contributed by atoms with Crippen molar-refractivity contribution in [2.75, 3.05) is 32.7 Å². The maximum atomic E-state index is 5.79. The van der Waals surface area contributed by atoms with E-state index in [1.807, 2.05) is 18.3 Å². The van der Waals surface area contributed by atoms with Gasteiger partial charge in [-0.25, -0.2) is 4.98 Å². The summed E-state index contributed by atoms with van der Waals surface area (Å²) in [6.07, 6.45) is 2.71. The molecule has 0 aliphatic heterocycles. The van der Waals surface area contributed by atoms with Gasteiger partial charge in [-0.15, -0.1) is 24.0 Å². The second-order valence-corrected chi connectivity index (χ2v) is 6.04. The molecule has 1 aromatic rings. The SMILES string of the molecule is CCNC(=NCCN(CC)C(C)C)NCCc1ccc(Cl)nc1.I. The van der Waals surface area contributed by atoms with E-state index in [0.717, 1.165) is 50.7 Å². The van der Waals surface area contributed by atoms with E-state index in [1.165, 1.54) is 0 Å². The lowest BCUT2D eigenvalue weighted by atomic mass is 10.2. The third-order valence-electron chi connectivity index (χ3n) is 3.63. The van der Waals surface area contributed by atoms with Gasteiger partial charge in [-0.1, -0.05) is 24.6 Å². The standard InChI is InChI=1S/C17H30ClN5.HI/c1-5-19-17(21-11-12-23(6-2)14(3)4)20-10-9-15-7-8-16(18)22-13-15;/h7-8,13-14H,5-6,9-12H2,1-4H3,(H2,19,20,21);1H. The minimum atomic E-state index is 0. The Labute approximate surface area is 168 Å². The van der Waals surface area contributed by atoms with Crippen molar-refractivity contribution in [2.24, 2.45) is 4.99 Å². The van der Waals surface area contributed by atoms with Crippen LogP contribution in [0.3, 0.4) is 0 Å². The molecule has 0 aliphatic rings. The minimum Gasteiger partial charge on any atom is -0.357 e. The molecule has 0 aliphatic carbocycles. The lowest BCUT2D eigenvalue weighted by Crippen LogP contribution is -2.39. The summed E-state index contributed by atoms with van der Waals surface area (Å²) in [5.41, 5.74) is 1.16. The molecule has 0 saturated carbocycles. The number of aliphatic imine (C=N–C) groups is 1. The summed E-state index contributed by atoms with van der Waals surface area (Å²) >= 11 is 5.79. The van der Waals surface area contributed by atoms with Crippen LogP contribution in [0.4, 0.5) is 0 Å². The first-order chi connectivity index (χ1) is 11.1. The van der Waals surface area contributed by atoms with E-state index < -0.39 is 0 Å². The molecule has 1 rings (SSSR count). The number of guanidine groups is 1. The minimum absolute atomic E-state index is 0. The van der Waals surface area contributed by atoms with E-state index in [9.17, 15) is 0 Å². The first-order valence-electron chi connectivity index (χ1n) is 8.43. The molecular formula is C17H31ClIN5. The molecule has 1 heterocycles. The molecule has 0 radical (unpaired) electrons. The zero-order valence-corrected chi connectivity index (χ0v) is 18.3. The Morgan fingerprint density at radius 1 is 1.29 bits per heavy atom. The highest BCUT2D eigenvalue weighted by Gasteiger charge is 2.05. The second-order valence-electron chi connectivity index (χ2n) is 5.65. The smallest absolute Gasteiger partial charge is 0.191 e. The van der Waals surface area contributed by atoms with Crippen LogP contribution >= 0.6 is 35.6 Å². The van der Waals surface area contributed by atoms with Crippen LogP contribution in [-0.2, 0) is 6.42 Å². The Bertz CT molecular complexity index is 465. The molecule has 0 atom stereocenters. The average molecular weight is 468 g/mol. The van der Waals surface area contributed by atoms with Gasteiger partial charge < -0.3 is 10.6 Å². The largest absolute Gasteiger partial charge is 0.357 e. The normalized spacial score (nSPS) is 11.5. The van der Waals surface area contributed by atoms with Crippen LogP contribution in [0, 0.1) is 0 Å². The Kier molecular flexibility index (Phi) is 13.3. The molecule has 0 saturated heterocycles. The third kappa shape index (κ3) is 9.64. The number of hydrogen-bond acceptors (Lipinski definition) is 3. The molecule has 0 fully saturated rings. The van der Waals surface area contributed by atoms with Crippen molar-refractivity contribution in [1.82, 2.24) is 20.5 Å². The molecule has 0 bridgehead atoms. The van der Waals surface area contributed by atoms with Crippen molar-refractivity contribution >= 4 is 41.5 Å². The van der Waals surface area contributed by atoms with E-state index in [1.54, 1.807) is 0 Å². The zero-order valence-electron chi connectivity index (χ0n) is 15.2. The summed E-state index contributed by atoms with van der Waals surface area (Å²) in [6.45, 7) is 13.2. The number of pyridine rings is 1. The maximum absolute atomic E-state index is 5.79. The fourth-order valence-corrected chi connectivity index (χ4v) is 2.40. The number of likely N-dealkylation sites (N-methyl/N-ethyl adjacent to an activating group) is 1. The van der Waals surface area contributed by atoms with Crippen LogP contribution in [-0.4, -0.2) is 54.6 Å². The van der Waals surface area contributed by atoms with Crippen molar-refractivity contribution < 1.29 is 0 Å². The van der Waals surface area contributed by atoms with Crippen molar-refractivity contribution in [3.63, 3.8) is 0 Å². The molecule has 0 spiro atoms. The van der Waals surface area contributed by atoms with Gasteiger partial charge in [-0.3, -0.25) is 9.89 Å².